The van der Waals surface area contributed by atoms with Crippen LogP contribution >= 0.6 is 23.2 Å². The summed E-state index contributed by atoms with van der Waals surface area (Å²) in [5.41, 5.74) is 1.26. The smallest absolute Gasteiger partial charge is 0.226 e. The highest BCUT2D eigenvalue weighted by molar-refractivity contribution is 6.31. The van der Waals surface area contributed by atoms with Crippen molar-refractivity contribution in [2.24, 2.45) is 0 Å². The Bertz CT molecular complexity index is 883. The van der Waals surface area contributed by atoms with Crippen LogP contribution in [-0.2, 0) is 14.3 Å². The van der Waals surface area contributed by atoms with Gasteiger partial charge >= 0.3 is 0 Å². The molecule has 1 fully saturated rings. The molecule has 30 heavy (non-hydrogen) atoms. The molecule has 0 aliphatic carbocycles. The first-order valence-electron chi connectivity index (χ1n) is 9.77. The molecule has 1 saturated heterocycles. The molecule has 6 nitrogen and oxygen atoms in total. The minimum atomic E-state index is -0.491. The van der Waals surface area contributed by atoms with Gasteiger partial charge in [-0.2, -0.15) is 0 Å². The van der Waals surface area contributed by atoms with E-state index in [9.17, 15) is 9.59 Å². The van der Waals surface area contributed by atoms with Crippen LogP contribution in [0, 0.1) is 0 Å². The predicted octanol–water partition coefficient (Wildman–Crippen LogP) is 4.76. The molecule has 0 bridgehead atoms. The van der Waals surface area contributed by atoms with Gasteiger partial charge in [0.2, 0.25) is 11.8 Å². The van der Waals surface area contributed by atoms with Gasteiger partial charge in [0.15, 0.2) is 0 Å². The summed E-state index contributed by atoms with van der Waals surface area (Å²) in [4.78, 5) is 24.4. The summed E-state index contributed by atoms with van der Waals surface area (Å²) >= 11 is 12.1. The number of benzene rings is 2. The van der Waals surface area contributed by atoms with E-state index < -0.39 is 6.04 Å². The first kappa shape index (κ1) is 22.4. The number of amides is 2. The second kappa shape index (κ2) is 10.7. The van der Waals surface area contributed by atoms with E-state index in [1.807, 2.05) is 0 Å². The lowest BCUT2D eigenvalue weighted by Crippen LogP contribution is -2.29. The molecule has 1 aliphatic heterocycles. The van der Waals surface area contributed by atoms with Crippen LogP contribution in [0.5, 0.6) is 5.75 Å². The molecule has 2 aromatic carbocycles. The van der Waals surface area contributed by atoms with Gasteiger partial charge in [-0.25, -0.2) is 0 Å². The molecule has 2 N–H and O–H groups in total. The lowest BCUT2D eigenvalue weighted by Gasteiger charge is -2.19. The summed E-state index contributed by atoms with van der Waals surface area (Å²) < 4.78 is 11.4. The van der Waals surface area contributed by atoms with E-state index in [0.29, 0.717) is 28.1 Å². The second-order valence-corrected chi connectivity index (χ2v) is 8.02. The molecule has 2 unspecified atom stereocenters. The highest BCUT2D eigenvalue weighted by Gasteiger charge is 2.20. The SMILES string of the molecule is CC(=O)NC(CC(=O)Nc1cc(Cl)ccc1OCC1CCCO1)c1ccc(Cl)cc1. The van der Waals surface area contributed by atoms with Crippen molar-refractivity contribution in [3.05, 3.63) is 58.1 Å². The predicted molar refractivity (Wildman–Crippen MR) is 117 cm³/mol. The molecule has 160 valence electrons. The topological polar surface area (TPSA) is 76.7 Å². The lowest BCUT2D eigenvalue weighted by molar-refractivity contribution is -0.120. The molecule has 8 heteroatoms. The van der Waals surface area contributed by atoms with E-state index >= 15 is 0 Å². The highest BCUT2D eigenvalue weighted by atomic mass is 35.5. The Hall–Kier alpha value is -2.28. The molecule has 2 amide bonds. The van der Waals surface area contributed by atoms with Crippen LogP contribution in [0.3, 0.4) is 0 Å². The first-order valence-corrected chi connectivity index (χ1v) is 10.5. The van der Waals surface area contributed by atoms with Crippen molar-refractivity contribution >= 4 is 40.7 Å². The molecule has 2 atom stereocenters. The number of rotatable bonds is 8. The van der Waals surface area contributed by atoms with Gasteiger partial charge in [0.05, 0.1) is 24.3 Å². The third kappa shape index (κ3) is 6.62. The summed E-state index contributed by atoms with van der Waals surface area (Å²) in [6.45, 7) is 2.56. The van der Waals surface area contributed by atoms with Gasteiger partial charge in [-0.15, -0.1) is 0 Å². The molecule has 0 radical (unpaired) electrons. The van der Waals surface area contributed by atoms with E-state index in [1.165, 1.54) is 6.92 Å². The van der Waals surface area contributed by atoms with Crippen molar-refractivity contribution in [2.75, 3.05) is 18.5 Å². The summed E-state index contributed by atoms with van der Waals surface area (Å²) in [6, 6.07) is 11.6. The van der Waals surface area contributed by atoms with E-state index in [4.69, 9.17) is 32.7 Å². The number of carbonyl (C=O) groups excluding carboxylic acids is 2. The Morgan fingerprint density at radius 3 is 2.57 bits per heavy atom. The van der Waals surface area contributed by atoms with Crippen molar-refractivity contribution in [3.8, 4) is 5.75 Å². The molecule has 2 aromatic rings. The number of nitrogens with one attached hydrogen (secondary N) is 2. The number of anilines is 1. The Morgan fingerprint density at radius 2 is 1.90 bits per heavy atom. The lowest BCUT2D eigenvalue weighted by atomic mass is 10.0. The summed E-state index contributed by atoms with van der Waals surface area (Å²) in [5.74, 6) is 0.00449. The number of hydrogen-bond donors (Lipinski definition) is 2. The molecular formula is C22H24Cl2N2O4. The Kier molecular flexibility index (Phi) is 7.96. The average Bonchev–Trinajstić information content (AvgIpc) is 3.21. The molecule has 0 spiro atoms. The fourth-order valence-corrected chi connectivity index (χ4v) is 3.56. The van der Waals surface area contributed by atoms with E-state index in [1.54, 1.807) is 42.5 Å². The summed E-state index contributed by atoms with van der Waals surface area (Å²) in [7, 11) is 0. The summed E-state index contributed by atoms with van der Waals surface area (Å²) in [5, 5.41) is 6.71. The number of ether oxygens (including phenoxy) is 2. The third-order valence-electron chi connectivity index (χ3n) is 4.70. The third-order valence-corrected chi connectivity index (χ3v) is 5.19. The van der Waals surface area contributed by atoms with Crippen molar-refractivity contribution in [1.29, 1.82) is 0 Å². The number of carbonyl (C=O) groups is 2. The van der Waals surface area contributed by atoms with Crippen molar-refractivity contribution in [1.82, 2.24) is 5.32 Å². The molecular weight excluding hydrogens is 427 g/mol. The molecule has 1 heterocycles. The van der Waals surface area contributed by atoms with Gasteiger partial charge in [0.25, 0.3) is 0 Å². The minimum Gasteiger partial charge on any atom is -0.489 e. The van der Waals surface area contributed by atoms with Gasteiger partial charge in [-0.05, 0) is 48.7 Å². The summed E-state index contributed by atoms with van der Waals surface area (Å²) in [6.07, 6.45) is 2.07. The van der Waals surface area contributed by atoms with Crippen LogP contribution < -0.4 is 15.4 Å². The van der Waals surface area contributed by atoms with Gasteiger partial charge in [-0.3, -0.25) is 9.59 Å². The van der Waals surface area contributed by atoms with Crippen molar-refractivity contribution in [2.45, 2.75) is 38.3 Å². The van der Waals surface area contributed by atoms with Crippen LogP contribution in [0.25, 0.3) is 0 Å². The largest absolute Gasteiger partial charge is 0.489 e. The zero-order chi connectivity index (χ0) is 21.5. The van der Waals surface area contributed by atoms with Crippen LogP contribution in [-0.4, -0.2) is 31.1 Å². The van der Waals surface area contributed by atoms with E-state index in [0.717, 1.165) is 25.0 Å². The van der Waals surface area contributed by atoms with Gasteiger partial charge < -0.3 is 20.1 Å². The fourth-order valence-electron chi connectivity index (χ4n) is 3.26. The molecule has 0 saturated carbocycles. The quantitative estimate of drug-likeness (QED) is 0.607. The van der Waals surface area contributed by atoms with Crippen LogP contribution in [0.4, 0.5) is 5.69 Å². The van der Waals surface area contributed by atoms with E-state index in [2.05, 4.69) is 10.6 Å². The van der Waals surface area contributed by atoms with Gasteiger partial charge in [0.1, 0.15) is 12.4 Å². The van der Waals surface area contributed by atoms with Crippen LogP contribution in [0.2, 0.25) is 10.0 Å². The molecule has 1 aliphatic rings. The normalized spacial score (nSPS) is 16.7. The van der Waals surface area contributed by atoms with Crippen molar-refractivity contribution in [3.63, 3.8) is 0 Å². The molecule has 0 aromatic heterocycles. The maximum Gasteiger partial charge on any atom is 0.226 e. The second-order valence-electron chi connectivity index (χ2n) is 7.14. The Labute approximate surface area is 185 Å². The van der Waals surface area contributed by atoms with E-state index in [-0.39, 0.29) is 24.3 Å². The Morgan fingerprint density at radius 1 is 1.17 bits per heavy atom. The highest BCUT2D eigenvalue weighted by Crippen LogP contribution is 2.30. The first-order chi connectivity index (χ1) is 14.4. The standard InChI is InChI=1S/C22H24Cl2N2O4/c1-14(27)25-19(15-4-6-16(23)7-5-15)12-22(28)26-20-11-17(24)8-9-21(20)30-13-18-3-2-10-29-18/h4-9,11,18-19H,2-3,10,12-13H2,1H3,(H,25,27)(H,26,28). The minimum absolute atomic E-state index is 0.0406. The molecule has 3 rings (SSSR count). The maximum absolute atomic E-state index is 12.8. The zero-order valence-electron chi connectivity index (χ0n) is 16.6. The monoisotopic (exact) mass is 450 g/mol. The van der Waals surface area contributed by atoms with Gasteiger partial charge in [-0.1, -0.05) is 35.3 Å². The maximum atomic E-state index is 12.8. The van der Waals surface area contributed by atoms with Gasteiger partial charge in [0, 0.05) is 23.6 Å². The zero-order valence-corrected chi connectivity index (χ0v) is 18.1. The van der Waals surface area contributed by atoms with Crippen LogP contribution in [0.15, 0.2) is 42.5 Å². The average molecular weight is 451 g/mol. The number of halogens is 2. The van der Waals surface area contributed by atoms with Crippen LogP contribution in [0.1, 0.15) is 37.8 Å². The number of hydrogen-bond acceptors (Lipinski definition) is 4. The van der Waals surface area contributed by atoms with Crippen molar-refractivity contribution < 1.29 is 19.1 Å². The fraction of sp³-hybridized carbons (Fsp3) is 0.364. The Balaban J connectivity index is 1.69.